The fourth-order valence-corrected chi connectivity index (χ4v) is 3.49. The molecule has 0 aliphatic heterocycles. The minimum Gasteiger partial charge on any atom is -0.398 e. The van der Waals surface area contributed by atoms with Gasteiger partial charge in [0.2, 0.25) is 5.78 Å². The lowest BCUT2D eigenvalue weighted by molar-refractivity contribution is 0.103. The number of benzene rings is 2. The highest BCUT2D eigenvalue weighted by Gasteiger charge is 2.20. The number of halogens is 2. The van der Waals surface area contributed by atoms with Gasteiger partial charge in [-0.1, -0.05) is 35.9 Å². The standard InChI is InChI=1S/C18H15ClIN3O/c1-23-17(15(20)10-22-23)18(24)13-9-11(6-7-16(13)21)8-12-4-2-3-5-14(12)19/h2-7,9-10H,8,21H2,1H3. The Morgan fingerprint density at radius 1 is 1.29 bits per heavy atom. The number of anilines is 1. The molecule has 1 aromatic heterocycles. The van der Waals surface area contributed by atoms with Gasteiger partial charge in [0.25, 0.3) is 0 Å². The van der Waals surface area contributed by atoms with Gasteiger partial charge in [0.15, 0.2) is 0 Å². The number of hydrogen-bond acceptors (Lipinski definition) is 3. The van der Waals surface area contributed by atoms with Crippen LogP contribution in [0.5, 0.6) is 0 Å². The molecule has 0 aliphatic rings. The minimum absolute atomic E-state index is 0.127. The number of carbonyl (C=O) groups excluding carboxylic acids is 1. The highest BCUT2D eigenvalue weighted by molar-refractivity contribution is 14.1. The van der Waals surface area contributed by atoms with E-state index in [9.17, 15) is 4.79 Å². The van der Waals surface area contributed by atoms with Crippen LogP contribution < -0.4 is 5.73 Å². The molecule has 6 heteroatoms. The number of hydrogen-bond donors (Lipinski definition) is 1. The van der Waals surface area contributed by atoms with E-state index in [0.717, 1.165) is 14.7 Å². The lowest BCUT2D eigenvalue weighted by atomic mass is 9.98. The number of nitrogens with zero attached hydrogens (tertiary/aromatic N) is 2. The van der Waals surface area contributed by atoms with Crippen molar-refractivity contribution in [1.29, 1.82) is 0 Å². The fraction of sp³-hybridized carbons (Fsp3) is 0.111. The third kappa shape index (κ3) is 3.32. The van der Waals surface area contributed by atoms with Crippen LogP contribution in [0.15, 0.2) is 48.7 Å². The Balaban J connectivity index is 1.98. The van der Waals surface area contributed by atoms with Crippen molar-refractivity contribution in [3.8, 4) is 0 Å². The summed E-state index contributed by atoms with van der Waals surface area (Å²) in [5.74, 6) is -0.127. The molecule has 2 aromatic carbocycles. The first kappa shape index (κ1) is 17.0. The van der Waals surface area contributed by atoms with Crippen LogP contribution in [0, 0.1) is 3.57 Å². The molecule has 1 heterocycles. The predicted octanol–water partition coefficient (Wildman–Crippen LogP) is 4.08. The third-order valence-corrected chi connectivity index (χ3v) is 4.98. The van der Waals surface area contributed by atoms with Crippen LogP contribution in [0.1, 0.15) is 27.2 Å². The number of nitrogens with two attached hydrogens (primary N) is 1. The molecular weight excluding hydrogens is 437 g/mol. The van der Waals surface area contributed by atoms with Crippen LogP contribution >= 0.6 is 34.2 Å². The number of aryl methyl sites for hydroxylation is 1. The Kier molecular flexibility index (Phi) is 4.91. The summed E-state index contributed by atoms with van der Waals surface area (Å²) in [5.41, 5.74) is 9.52. The Morgan fingerprint density at radius 3 is 2.71 bits per heavy atom. The van der Waals surface area contributed by atoms with Gasteiger partial charge >= 0.3 is 0 Å². The molecule has 0 aliphatic carbocycles. The van der Waals surface area contributed by atoms with Crippen LogP contribution in [0.3, 0.4) is 0 Å². The Hall–Kier alpha value is -1.86. The Morgan fingerprint density at radius 2 is 2.04 bits per heavy atom. The second-order valence-corrected chi connectivity index (χ2v) is 7.05. The first-order valence-corrected chi connectivity index (χ1v) is 8.77. The van der Waals surface area contributed by atoms with Gasteiger partial charge in [0.05, 0.1) is 9.77 Å². The van der Waals surface area contributed by atoms with Gasteiger partial charge in [-0.05, 0) is 58.3 Å². The molecule has 3 aromatic rings. The lowest BCUT2D eigenvalue weighted by Crippen LogP contribution is -2.12. The minimum atomic E-state index is -0.127. The van der Waals surface area contributed by atoms with E-state index < -0.39 is 0 Å². The first-order valence-electron chi connectivity index (χ1n) is 7.31. The van der Waals surface area contributed by atoms with Crippen molar-refractivity contribution in [2.24, 2.45) is 7.05 Å². The normalized spacial score (nSPS) is 10.8. The van der Waals surface area contributed by atoms with Gasteiger partial charge in [-0.25, -0.2) is 0 Å². The maximum Gasteiger partial charge on any atom is 0.214 e. The molecule has 0 fully saturated rings. The molecule has 0 radical (unpaired) electrons. The van der Waals surface area contributed by atoms with Crippen molar-refractivity contribution in [2.75, 3.05) is 5.73 Å². The molecule has 0 unspecified atom stereocenters. The average Bonchev–Trinajstić information content (AvgIpc) is 2.89. The van der Waals surface area contributed by atoms with Crippen LogP contribution in [0.25, 0.3) is 0 Å². The van der Waals surface area contributed by atoms with Crippen LogP contribution in [-0.2, 0) is 13.5 Å². The molecule has 0 atom stereocenters. The van der Waals surface area contributed by atoms with E-state index in [1.807, 2.05) is 36.4 Å². The van der Waals surface area contributed by atoms with Crippen molar-refractivity contribution >= 4 is 45.7 Å². The Bertz CT molecular complexity index is 901. The third-order valence-electron chi connectivity index (χ3n) is 3.82. The summed E-state index contributed by atoms with van der Waals surface area (Å²) in [6.45, 7) is 0. The number of rotatable bonds is 4. The summed E-state index contributed by atoms with van der Waals surface area (Å²) >= 11 is 8.33. The number of nitrogen functional groups attached to an aromatic ring is 1. The number of ketones is 1. The monoisotopic (exact) mass is 451 g/mol. The van der Waals surface area contributed by atoms with E-state index >= 15 is 0 Å². The van der Waals surface area contributed by atoms with Gasteiger partial charge < -0.3 is 5.73 Å². The van der Waals surface area contributed by atoms with Crippen molar-refractivity contribution in [3.05, 3.63) is 79.6 Å². The van der Waals surface area contributed by atoms with Gasteiger partial charge in [0, 0.05) is 23.3 Å². The molecule has 4 nitrogen and oxygen atoms in total. The molecule has 24 heavy (non-hydrogen) atoms. The summed E-state index contributed by atoms with van der Waals surface area (Å²) < 4.78 is 2.38. The smallest absolute Gasteiger partial charge is 0.214 e. The van der Waals surface area contributed by atoms with E-state index in [0.29, 0.717) is 28.4 Å². The molecule has 2 N–H and O–H groups in total. The van der Waals surface area contributed by atoms with Crippen molar-refractivity contribution < 1.29 is 4.79 Å². The largest absolute Gasteiger partial charge is 0.398 e. The van der Waals surface area contributed by atoms with Crippen molar-refractivity contribution in [2.45, 2.75) is 6.42 Å². The van der Waals surface area contributed by atoms with Crippen LogP contribution in [-0.4, -0.2) is 15.6 Å². The van der Waals surface area contributed by atoms with E-state index in [1.165, 1.54) is 0 Å². The Labute approximate surface area is 158 Å². The van der Waals surface area contributed by atoms with E-state index in [2.05, 4.69) is 27.7 Å². The van der Waals surface area contributed by atoms with Gasteiger partial charge in [-0.3, -0.25) is 9.48 Å². The highest BCUT2D eigenvalue weighted by atomic mass is 127. The lowest BCUT2D eigenvalue weighted by Gasteiger charge is -2.10. The molecule has 3 rings (SSSR count). The second-order valence-electron chi connectivity index (χ2n) is 5.48. The summed E-state index contributed by atoms with van der Waals surface area (Å²) in [7, 11) is 1.75. The zero-order valence-corrected chi connectivity index (χ0v) is 15.9. The van der Waals surface area contributed by atoms with Crippen LogP contribution in [0.2, 0.25) is 5.02 Å². The van der Waals surface area contributed by atoms with Gasteiger partial charge in [0.1, 0.15) is 5.69 Å². The highest BCUT2D eigenvalue weighted by Crippen LogP contribution is 2.24. The summed E-state index contributed by atoms with van der Waals surface area (Å²) in [5, 5.41) is 4.84. The zero-order valence-electron chi connectivity index (χ0n) is 13.0. The van der Waals surface area contributed by atoms with E-state index in [4.69, 9.17) is 17.3 Å². The van der Waals surface area contributed by atoms with Crippen molar-refractivity contribution in [3.63, 3.8) is 0 Å². The topological polar surface area (TPSA) is 60.9 Å². The molecule has 0 spiro atoms. The number of aromatic nitrogens is 2. The van der Waals surface area contributed by atoms with E-state index in [-0.39, 0.29) is 5.78 Å². The maximum atomic E-state index is 12.9. The molecule has 0 saturated carbocycles. The molecular formula is C18H15ClIN3O. The molecule has 0 saturated heterocycles. The SMILES string of the molecule is Cn1ncc(I)c1C(=O)c1cc(Cc2ccccc2Cl)ccc1N. The molecule has 122 valence electrons. The molecule has 0 bridgehead atoms. The quantitative estimate of drug-likeness (QED) is 0.369. The second kappa shape index (κ2) is 6.94. The maximum absolute atomic E-state index is 12.9. The van der Waals surface area contributed by atoms with Gasteiger partial charge in [-0.2, -0.15) is 5.10 Å². The molecule has 0 amide bonds. The van der Waals surface area contributed by atoms with Crippen LogP contribution in [0.4, 0.5) is 5.69 Å². The van der Waals surface area contributed by atoms with Gasteiger partial charge in [-0.15, -0.1) is 0 Å². The fourth-order valence-electron chi connectivity index (χ4n) is 2.57. The summed E-state index contributed by atoms with van der Waals surface area (Å²) in [6, 6.07) is 13.2. The first-order chi connectivity index (χ1) is 11.5. The van der Waals surface area contributed by atoms with Crippen molar-refractivity contribution in [1.82, 2.24) is 9.78 Å². The zero-order chi connectivity index (χ0) is 17.3. The van der Waals surface area contributed by atoms with E-state index in [1.54, 1.807) is 24.0 Å². The average molecular weight is 452 g/mol. The number of carbonyl (C=O) groups is 1. The summed E-state index contributed by atoms with van der Waals surface area (Å²) in [4.78, 5) is 12.9. The predicted molar refractivity (Wildman–Crippen MR) is 104 cm³/mol. The summed E-state index contributed by atoms with van der Waals surface area (Å²) in [6.07, 6.45) is 2.31.